The summed E-state index contributed by atoms with van der Waals surface area (Å²) in [6.07, 6.45) is 23.6. The quantitative estimate of drug-likeness (QED) is 0.146. The second-order valence-electron chi connectivity index (χ2n) is 7.12. The largest absolute Gasteiger partial charge is 0.107 e. The molecule has 0 atom stereocenters. The van der Waals surface area contributed by atoms with Crippen LogP contribution in [0.1, 0.15) is 116 Å². The van der Waals surface area contributed by atoms with Gasteiger partial charge in [0.2, 0.25) is 0 Å². The fourth-order valence-electron chi connectivity index (χ4n) is 2.98. The minimum atomic E-state index is -0.379. The van der Waals surface area contributed by atoms with Crippen molar-refractivity contribution in [2.45, 2.75) is 120 Å². The molecule has 0 heterocycles. The lowest BCUT2D eigenvalue weighted by Crippen LogP contribution is -2.11. The van der Waals surface area contributed by atoms with Crippen LogP contribution in [0, 0.1) is 0 Å². The third kappa shape index (κ3) is 20.8. The molecular weight excluding hydrogens is 327 g/mol. The van der Waals surface area contributed by atoms with Gasteiger partial charge in [-0.1, -0.05) is 110 Å². The van der Waals surface area contributed by atoms with E-state index in [0.29, 0.717) is 0 Å². The molecule has 22 heavy (non-hydrogen) atoms. The molecule has 0 rings (SSSR count). The fourth-order valence-corrected chi connectivity index (χ4v) is 3.60. The van der Waals surface area contributed by atoms with Crippen LogP contribution >= 0.6 is 23.2 Å². The van der Waals surface area contributed by atoms with E-state index in [0.717, 1.165) is 16.7 Å². The molecule has 134 valence electrons. The maximum absolute atomic E-state index is 6.03. The van der Waals surface area contributed by atoms with E-state index in [4.69, 9.17) is 23.2 Å². The van der Waals surface area contributed by atoms with Crippen molar-refractivity contribution in [1.29, 1.82) is 0 Å². The lowest BCUT2D eigenvalue weighted by Gasteiger charge is -2.12. The van der Waals surface area contributed by atoms with E-state index in [-0.39, 0.29) is 3.96 Å². The summed E-state index contributed by atoms with van der Waals surface area (Å²) < 4.78 is -0.379. The third-order valence-corrected chi connectivity index (χ3v) is 5.35. The van der Waals surface area contributed by atoms with Crippen molar-refractivity contribution in [3.05, 3.63) is 0 Å². The van der Waals surface area contributed by atoms with Crippen LogP contribution in [0.3, 0.4) is 0 Å². The smallest absolute Gasteiger partial charge is 0.0972 e. The second kappa shape index (κ2) is 16.6. The summed E-state index contributed by atoms with van der Waals surface area (Å²) in [7, 11) is 0.880. The average Bonchev–Trinajstić information content (AvgIpc) is 2.45. The van der Waals surface area contributed by atoms with Crippen LogP contribution in [0.4, 0.5) is 0 Å². The maximum Gasteiger partial charge on any atom is 0.0972 e. The highest BCUT2D eigenvalue weighted by Gasteiger charge is 2.14. The van der Waals surface area contributed by atoms with Gasteiger partial charge in [0.05, 0.1) is 3.96 Å². The van der Waals surface area contributed by atoms with Gasteiger partial charge in [0.1, 0.15) is 0 Å². The zero-order chi connectivity index (χ0) is 16.5. The van der Waals surface area contributed by atoms with Crippen molar-refractivity contribution in [3.8, 4) is 0 Å². The highest BCUT2D eigenvalue weighted by atomic mass is 35.5. The summed E-state index contributed by atoms with van der Waals surface area (Å²) in [6, 6.07) is 0. The van der Waals surface area contributed by atoms with Gasteiger partial charge in [0.15, 0.2) is 0 Å². The van der Waals surface area contributed by atoms with Gasteiger partial charge in [-0.15, -0.1) is 23.2 Å². The van der Waals surface area contributed by atoms with Crippen LogP contribution in [-0.2, 0) is 0 Å². The minimum Gasteiger partial charge on any atom is -0.107 e. The van der Waals surface area contributed by atoms with E-state index in [9.17, 15) is 0 Å². The Balaban J connectivity index is 3.00. The third-order valence-electron chi connectivity index (χ3n) is 4.47. The minimum absolute atomic E-state index is 0.379. The normalized spacial score (nSPS) is 12.1. The Bertz CT molecular complexity index is 214. The number of hydrogen-bond acceptors (Lipinski definition) is 0. The van der Waals surface area contributed by atoms with Crippen LogP contribution in [0.5, 0.6) is 0 Å². The van der Waals surface area contributed by atoms with E-state index in [2.05, 4.69) is 6.92 Å². The predicted octanol–water partition coefficient (Wildman–Crippen LogP) is 7.13. The van der Waals surface area contributed by atoms with Gasteiger partial charge in [-0.05, 0) is 6.42 Å². The van der Waals surface area contributed by atoms with E-state index < -0.39 is 0 Å². The van der Waals surface area contributed by atoms with Gasteiger partial charge < -0.3 is 0 Å². The monoisotopic (exact) mass is 366 g/mol. The molecule has 3 heteroatoms. The molecule has 0 nitrogen and oxygen atoms in total. The van der Waals surface area contributed by atoms with Gasteiger partial charge in [0.25, 0.3) is 0 Å². The van der Waals surface area contributed by atoms with E-state index in [1.807, 2.05) is 0 Å². The van der Waals surface area contributed by atoms with Crippen molar-refractivity contribution >= 4 is 33.4 Å². The molecule has 0 aromatic carbocycles. The Morgan fingerprint density at radius 1 is 0.545 bits per heavy atom. The highest BCUT2D eigenvalue weighted by Crippen LogP contribution is 2.24. The van der Waals surface area contributed by atoms with Gasteiger partial charge in [-0.25, -0.2) is 0 Å². The zero-order valence-corrected chi connectivity index (χ0v) is 18.8. The van der Waals surface area contributed by atoms with Crippen molar-refractivity contribution < 1.29 is 0 Å². The first-order valence-corrected chi connectivity index (χ1v) is 11.7. The Hall–Kier alpha value is 0.797. The van der Waals surface area contributed by atoms with Crippen molar-refractivity contribution in [2.24, 2.45) is 0 Å². The molecule has 0 bridgehead atoms. The molecule has 0 spiro atoms. The van der Waals surface area contributed by atoms with Gasteiger partial charge in [-0.3, -0.25) is 0 Å². The highest BCUT2D eigenvalue weighted by molar-refractivity contribution is 6.65. The van der Waals surface area contributed by atoms with E-state index >= 15 is 0 Å². The first kappa shape index (κ1) is 22.8. The lowest BCUT2D eigenvalue weighted by molar-refractivity contribution is 0.527. The number of alkyl halides is 2. The molecular formula is C19H40Cl2Si. The maximum atomic E-state index is 6.03. The number of halogens is 2. The van der Waals surface area contributed by atoms with Gasteiger partial charge in [0, 0.05) is 10.2 Å². The number of unbranched alkanes of at least 4 members (excludes halogenated alkanes) is 15. The van der Waals surface area contributed by atoms with Gasteiger partial charge in [-0.2, -0.15) is 0 Å². The number of hydrogen-bond donors (Lipinski definition) is 0. The summed E-state index contributed by atoms with van der Waals surface area (Å²) >= 11 is 12.1. The predicted molar refractivity (Wildman–Crippen MR) is 109 cm³/mol. The van der Waals surface area contributed by atoms with Crippen LogP contribution < -0.4 is 0 Å². The van der Waals surface area contributed by atoms with Crippen LogP contribution in [0.2, 0.25) is 0 Å². The summed E-state index contributed by atoms with van der Waals surface area (Å²) in [4.78, 5) is 0. The molecule has 0 radical (unpaired) electrons. The first-order valence-electron chi connectivity index (χ1n) is 9.94. The molecule has 0 aliphatic heterocycles. The van der Waals surface area contributed by atoms with Crippen LogP contribution in [-0.4, -0.2) is 14.2 Å². The molecule has 0 aliphatic rings. The van der Waals surface area contributed by atoms with Gasteiger partial charge >= 0.3 is 0 Å². The Morgan fingerprint density at radius 3 is 1.09 bits per heavy atom. The van der Waals surface area contributed by atoms with E-state index in [1.165, 1.54) is 103 Å². The summed E-state index contributed by atoms with van der Waals surface area (Å²) in [5, 5.41) is 0. The lowest BCUT2D eigenvalue weighted by atomic mass is 10.0. The Kier molecular flexibility index (Phi) is 17.3. The number of rotatable bonds is 17. The second-order valence-corrected chi connectivity index (χ2v) is 12.0. The average molecular weight is 368 g/mol. The Labute approximate surface area is 153 Å². The molecule has 0 fully saturated rings. The standard InChI is InChI=1S/C19H40Cl2Si/c1-2-3-4-5-6-7-8-9-10-11-12-13-14-15-16-17-18-19(20,21)22/h2-18H2,1,22H3. The SMILES string of the molecule is CCCCCCCCCCCCCCCCCCC([SiH3])(Cl)Cl. The zero-order valence-electron chi connectivity index (χ0n) is 15.3. The topological polar surface area (TPSA) is 0 Å². The van der Waals surface area contributed by atoms with Crippen molar-refractivity contribution in [2.75, 3.05) is 0 Å². The van der Waals surface area contributed by atoms with Crippen molar-refractivity contribution in [1.82, 2.24) is 0 Å². The molecule has 0 N–H and O–H groups in total. The molecule has 0 unspecified atom stereocenters. The molecule has 0 aliphatic carbocycles. The summed E-state index contributed by atoms with van der Waals surface area (Å²) in [5.74, 6) is 0. The molecule has 0 aromatic heterocycles. The fraction of sp³-hybridized carbons (Fsp3) is 1.00. The Morgan fingerprint density at radius 2 is 0.818 bits per heavy atom. The molecule has 0 aromatic rings. The van der Waals surface area contributed by atoms with Crippen molar-refractivity contribution in [3.63, 3.8) is 0 Å². The molecule has 0 saturated carbocycles. The summed E-state index contributed by atoms with van der Waals surface area (Å²) in [5.41, 5.74) is 0. The molecule has 0 saturated heterocycles. The van der Waals surface area contributed by atoms with Crippen LogP contribution in [0.15, 0.2) is 0 Å². The van der Waals surface area contributed by atoms with E-state index in [1.54, 1.807) is 0 Å². The van der Waals surface area contributed by atoms with Crippen LogP contribution in [0.25, 0.3) is 0 Å². The molecule has 0 amide bonds. The first-order chi connectivity index (χ1) is 10.6. The summed E-state index contributed by atoms with van der Waals surface area (Å²) in [6.45, 7) is 2.29.